The summed E-state index contributed by atoms with van der Waals surface area (Å²) in [5.74, 6) is 2.77. The molecular formula is C18H23N5O2S. The van der Waals surface area contributed by atoms with Crippen LogP contribution in [0.1, 0.15) is 23.1 Å². The molecule has 0 aliphatic carbocycles. The van der Waals surface area contributed by atoms with Gasteiger partial charge in [0.25, 0.3) is 5.91 Å². The van der Waals surface area contributed by atoms with Gasteiger partial charge < -0.3 is 14.8 Å². The average Bonchev–Trinajstić information content (AvgIpc) is 3.35. The first-order valence-electron chi connectivity index (χ1n) is 9.03. The van der Waals surface area contributed by atoms with Gasteiger partial charge >= 0.3 is 0 Å². The summed E-state index contributed by atoms with van der Waals surface area (Å²) in [6.45, 7) is 4.39. The van der Waals surface area contributed by atoms with Crippen LogP contribution in [0.4, 0.5) is 0 Å². The number of rotatable bonds is 3. The quantitative estimate of drug-likeness (QED) is 0.841. The number of amides is 2. The number of fused-ring (bicyclic) bond motifs is 1. The standard InChI is InChI=1S/C18H23N5O2S/c1-2-16-20-13-4-3-12(9-14(13)21-16)17(24)22-5-7-23(8-6-22)18(25)15-10-26-11-19-15/h3-4,9,15,19H,2,5-8,10-11H2,1H3,(H,20,21). The molecule has 1 atom stereocenters. The van der Waals surface area contributed by atoms with Gasteiger partial charge in [-0.3, -0.25) is 14.9 Å². The van der Waals surface area contributed by atoms with Crippen molar-refractivity contribution in [3.05, 3.63) is 29.6 Å². The molecule has 0 radical (unpaired) electrons. The molecule has 0 saturated carbocycles. The van der Waals surface area contributed by atoms with Crippen LogP contribution in [0.25, 0.3) is 11.0 Å². The van der Waals surface area contributed by atoms with E-state index >= 15 is 0 Å². The van der Waals surface area contributed by atoms with Crippen LogP contribution >= 0.6 is 11.8 Å². The fraction of sp³-hybridized carbons (Fsp3) is 0.500. The molecule has 0 spiro atoms. The van der Waals surface area contributed by atoms with Crippen LogP contribution in [0.2, 0.25) is 0 Å². The monoisotopic (exact) mass is 373 g/mol. The normalized spacial score (nSPS) is 20.7. The van der Waals surface area contributed by atoms with Gasteiger partial charge in [-0.2, -0.15) is 0 Å². The predicted molar refractivity (Wildman–Crippen MR) is 102 cm³/mol. The van der Waals surface area contributed by atoms with Crippen LogP contribution in [0.3, 0.4) is 0 Å². The molecule has 138 valence electrons. The molecule has 4 rings (SSSR count). The lowest BCUT2D eigenvalue weighted by atomic mass is 10.1. The topological polar surface area (TPSA) is 81.3 Å². The van der Waals surface area contributed by atoms with Crippen molar-refractivity contribution in [2.45, 2.75) is 19.4 Å². The van der Waals surface area contributed by atoms with E-state index in [0.717, 1.165) is 34.9 Å². The molecule has 2 aliphatic rings. The highest BCUT2D eigenvalue weighted by Crippen LogP contribution is 2.18. The highest BCUT2D eigenvalue weighted by Gasteiger charge is 2.30. The zero-order valence-corrected chi connectivity index (χ0v) is 15.6. The summed E-state index contributed by atoms with van der Waals surface area (Å²) in [4.78, 5) is 36.7. The molecule has 8 heteroatoms. The molecule has 1 aromatic carbocycles. The first-order chi connectivity index (χ1) is 12.7. The molecule has 2 N–H and O–H groups in total. The molecule has 1 unspecified atom stereocenters. The average molecular weight is 373 g/mol. The van der Waals surface area contributed by atoms with E-state index in [1.54, 1.807) is 11.8 Å². The Hall–Kier alpha value is -2.06. The van der Waals surface area contributed by atoms with E-state index < -0.39 is 0 Å². The molecule has 2 aromatic rings. The third kappa shape index (κ3) is 3.31. The van der Waals surface area contributed by atoms with Crippen LogP contribution in [0.5, 0.6) is 0 Å². The van der Waals surface area contributed by atoms with E-state index in [2.05, 4.69) is 15.3 Å². The Bertz CT molecular complexity index is 822. The third-order valence-electron chi connectivity index (χ3n) is 5.01. The SMILES string of the molecule is CCc1nc2ccc(C(=O)N3CCN(C(=O)C4CSCN4)CC3)cc2[nH]1. The second kappa shape index (κ2) is 7.28. The van der Waals surface area contributed by atoms with Gasteiger partial charge in [-0.05, 0) is 18.2 Å². The van der Waals surface area contributed by atoms with Crippen LogP contribution in [0.15, 0.2) is 18.2 Å². The number of nitrogens with one attached hydrogen (secondary N) is 2. The summed E-state index contributed by atoms with van der Waals surface area (Å²) in [6.07, 6.45) is 0.836. The van der Waals surface area contributed by atoms with Crippen molar-refractivity contribution in [2.24, 2.45) is 0 Å². The molecule has 7 nitrogen and oxygen atoms in total. The zero-order valence-electron chi connectivity index (χ0n) is 14.8. The second-order valence-corrected chi connectivity index (χ2v) is 7.69. The van der Waals surface area contributed by atoms with Crippen molar-refractivity contribution in [3.63, 3.8) is 0 Å². The lowest BCUT2D eigenvalue weighted by Crippen LogP contribution is -2.54. The Morgan fingerprint density at radius 2 is 2.00 bits per heavy atom. The van der Waals surface area contributed by atoms with Gasteiger partial charge in [0, 0.05) is 49.8 Å². The predicted octanol–water partition coefficient (Wildman–Crippen LogP) is 1.07. The van der Waals surface area contributed by atoms with Gasteiger partial charge in [-0.1, -0.05) is 6.92 Å². The third-order valence-corrected chi connectivity index (χ3v) is 5.95. The maximum atomic E-state index is 12.8. The van der Waals surface area contributed by atoms with E-state index in [-0.39, 0.29) is 17.9 Å². The fourth-order valence-corrected chi connectivity index (χ4v) is 4.38. The first kappa shape index (κ1) is 17.4. The van der Waals surface area contributed by atoms with Crippen LogP contribution in [-0.2, 0) is 11.2 Å². The molecule has 1 aromatic heterocycles. The number of carbonyl (C=O) groups excluding carboxylic acids is 2. The fourth-order valence-electron chi connectivity index (χ4n) is 3.45. The lowest BCUT2D eigenvalue weighted by molar-refractivity contribution is -0.134. The number of hydrogen-bond donors (Lipinski definition) is 2. The molecule has 2 fully saturated rings. The van der Waals surface area contributed by atoms with Crippen molar-refractivity contribution in [3.8, 4) is 0 Å². The Morgan fingerprint density at radius 3 is 2.69 bits per heavy atom. The van der Waals surface area contributed by atoms with Crippen molar-refractivity contribution < 1.29 is 9.59 Å². The van der Waals surface area contributed by atoms with Gasteiger partial charge in [0.05, 0.1) is 17.1 Å². The van der Waals surface area contributed by atoms with E-state index in [0.29, 0.717) is 31.7 Å². The van der Waals surface area contributed by atoms with Crippen LogP contribution in [0, 0.1) is 0 Å². The minimum Gasteiger partial charge on any atom is -0.342 e. The van der Waals surface area contributed by atoms with Gasteiger partial charge in [0.15, 0.2) is 0 Å². The number of nitrogens with zero attached hydrogens (tertiary/aromatic N) is 3. The molecule has 2 aliphatic heterocycles. The Kier molecular flexibility index (Phi) is 4.86. The molecule has 2 amide bonds. The summed E-state index contributed by atoms with van der Waals surface area (Å²) in [6, 6.07) is 5.53. The van der Waals surface area contributed by atoms with Gasteiger partial charge in [-0.15, -0.1) is 11.8 Å². The lowest BCUT2D eigenvalue weighted by Gasteiger charge is -2.35. The van der Waals surface area contributed by atoms with Gasteiger partial charge in [0.1, 0.15) is 5.82 Å². The number of aromatic amines is 1. The maximum Gasteiger partial charge on any atom is 0.254 e. The number of imidazole rings is 1. The number of aryl methyl sites for hydroxylation is 1. The number of benzene rings is 1. The van der Waals surface area contributed by atoms with Crippen molar-refractivity contribution in [1.29, 1.82) is 0 Å². The number of thioether (sulfide) groups is 1. The number of aromatic nitrogens is 2. The highest BCUT2D eigenvalue weighted by atomic mass is 32.2. The van der Waals surface area contributed by atoms with Crippen molar-refractivity contribution in [2.75, 3.05) is 37.8 Å². The maximum absolute atomic E-state index is 12.8. The van der Waals surface area contributed by atoms with E-state index in [1.807, 2.05) is 34.9 Å². The zero-order chi connectivity index (χ0) is 18.1. The molecule has 26 heavy (non-hydrogen) atoms. The number of carbonyl (C=O) groups is 2. The summed E-state index contributed by atoms with van der Waals surface area (Å²) < 4.78 is 0. The van der Waals surface area contributed by atoms with E-state index in [4.69, 9.17) is 0 Å². The largest absolute Gasteiger partial charge is 0.342 e. The number of H-pyrrole nitrogens is 1. The Balaban J connectivity index is 1.40. The number of hydrogen-bond acceptors (Lipinski definition) is 5. The minimum absolute atomic E-state index is 0.0150. The van der Waals surface area contributed by atoms with Gasteiger partial charge in [0.2, 0.25) is 5.91 Å². The molecule has 3 heterocycles. The van der Waals surface area contributed by atoms with Gasteiger partial charge in [-0.25, -0.2) is 4.98 Å². The van der Waals surface area contributed by atoms with Crippen molar-refractivity contribution in [1.82, 2.24) is 25.1 Å². The van der Waals surface area contributed by atoms with Crippen LogP contribution < -0.4 is 5.32 Å². The Labute approximate surface area is 156 Å². The highest BCUT2D eigenvalue weighted by molar-refractivity contribution is 7.99. The molecule has 2 saturated heterocycles. The van der Waals surface area contributed by atoms with Crippen molar-refractivity contribution >= 4 is 34.6 Å². The minimum atomic E-state index is -0.0715. The smallest absolute Gasteiger partial charge is 0.254 e. The molecular weight excluding hydrogens is 350 g/mol. The van der Waals surface area contributed by atoms with E-state index in [1.165, 1.54) is 0 Å². The second-order valence-electron chi connectivity index (χ2n) is 6.66. The summed E-state index contributed by atoms with van der Waals surface area (Å²) in [7, 11) is 0. The summed E-state index contributed by atoms with van der Waals surface area (Å²) in [5, 5.41) is 3.22. The van der Waals surface area contributed by atoms with E-state index in [9.17, 15) is 9.59 Å². The Morgan fingerprint density at radius 1 is 1.23 bits per heavy atom. The number of piperazine rings is 1. The first-order valence-corrected chi connectivity index (χ1v) is 10.2. The summed E-state index contributed by atoms with van der Waals surface area (Å²) in [5.41, 5.74) is 2.44. The van der Waals surface area contributed by atoms with Crippen LogP contribution in [-0.4, -0.2) is 75.4 Å². The molecule has 0 bridgehead atoms. The summed E-state index contributed by atoms with van der Waals surface area (Å²) >= 11 is 1.75.